The maximum atomic E-state index is 12.2. The number of sulfonamides is 1. The molecule has 0 unspecified atom stereocenters. The second-order valence-corrected chi connectivity index (χ2v) is 8.25. The minimum Gasteiger partial charge on any atom is -0.357 e. The number of nitrogens with one attached hydrogen (secondary N) is 2. The SMILES string of the molecule is CCNC(=NCCS(=O)(=O)NCc1ccccc1)N(C)Cc1cccn1C.I. The van der Waals surface area contributed by atoms with Crippen molar-refractivity contribution < 1.29 is 8.42 Å². The average molecular weight is 519 g/mol. The molecule has 2 N–H and O–H groups in total. The third-order valence-electron chi connectivity index (χ3n) is 4.11. The summed E-state index contributed by atoms with van der Waals surface area (Å²) in [5, 5.41) is 3.21. The second-order valence-electron chi connectivity index (χ2n) is 6.33. The summed E-state index contributed by atoms with van der Waals surface area (Å²) in [4.78, 5) is 6.46. The Hall–Kier alpha value is -1.59. The normalized spacial score (nSPS) is 11.8. The first-order chi connectivity index (χ1) is 12.9. The van der Waals surface area contributed by atoms with E-state index in [1.54, 1.807) is 0 Å². The predicted molar refractivity (Wildman–Crippen MR) is 125 cm³/mol. The lowest BCUT2D eigenvalue weighted by atomic mass is 10.2. The molecule has 28 heavy (non-hydrogen) atoms. The summed E-state index contributed by atoms with van der Waals surface area (Å²) >= 11 is 0. The zero-order valence-electron chi connectivity index (χ0n) is 16.6. The molecule has 0 radical (unpaired) electrons. The highest BCUT2D eigenvalue weighted by Gasteiger charge is 2.12. The van der Waals surface area contributed by atoms with E-state index in [0.29, 0.717) is 19.0 Å². The van der Waals surface area contributed by atoms with Crippen molar-refractivity contribution in [2.24, 2.45) is 12.0 Å². The van der Waals surface area contributed by atoms with Crippen molar-refractivity contribution in [3.05, 3.63) is 59.9 Å². The van der Waals surface area contributed by atoms with Crippen LogP contribution in [0.2, 0.25) is 0 Å². The van der Waals surface area contributed by atoms with Gasteiger partial charge in [-0.15, -0.1) is 24.0 Å². The van der Waals surface area contributed by atoms with E-state index < -0.39 is 10.0 Å². The van der Waals surface area contributed by atoms with Crippen LogP contribution in [0.1, 0.15) is 18.2 Å². The van der Waals surface area contributed by atoms with Crippen molar-refractivity contribution in [2.45, 2.75) is 20.0 Å². The van der Waals surface area contributed by atoms with Crippen LogP contribution < -0.4 is 10.0 Å². The van der Waals surface area contributed by atoms with Gasteiger partial charge in [-0.25, -0.2) is 13.1 Å². The van der Waals surface area contributed by atoms with E-state index in [1.165, 1.54) is 0 Å². The first-order valence-electron chi connectivity index (χ1n) is 9.02. The third kappa shape index (κ3) is 8.19. The lowest BCUT2D eigenvalue weighted by Gasteiger charge is -2.22. The predicted octanol–water partition coefficient (Wildman–Crippen LogP) is 2.16. The molecule has 0 aliphatic carbocycles. The number of nitrogens with zero attached hydrogens (tertiary/aromatic N) is 3. The molecule has 0 aliphatic heterocycles. The summed E-state index contributed by atoms with van der Waals surface area (Å²) in [5.74, 6) is 0.643. The molecule has 0 bridgehead atoms. The first kappa shape index (κ1) is 24.4. The van der Waals surface area contributed by atoms with Crippen LogP contribution in [-0.2, 0) is 30.2 Å². The van der Waals surface area contributed by atoms with Crippen LogP contribution in [-0.4, -0.2) is 49.7 Å². The number of hydrogen-bond donors (Lipinski definition) is 2. The largest absolute Gasteiger partial charge is 0.357 e. The zero-order valence-corrected chi connectivity index (χ0v) is 19.8. The molecular weight excluding hydrogens is 489 g/mol. The van der Waals surface area contributed by atoms with Crippen LogP contribution >= 0.6 is 24.0 Å². The molecule has 156 valence electrons. The van der Waals surface area contributed by atoms with Gasteiger partial charge in [0, 0.05) is 39.1 Å². The standard InChI is InChI=1S/C19H29N5O2S.HI/c1-4-20-19(24(3)16-18-11-8-13-23(18)2)21-12-14-27(25,26)22-15-17-9-6-5-7-10-17;/h5-11,13,22H,4,12,14-16H2,1-3H3,(H,20,21);1H. The van der Waals surface area contributed by atoms with E-state index in [1.807, 2.05) is 68.5 Å². The van der Waals surface area contributed by atoms with Gasteiger partial charge in [0.2, 0.25) is 10.0 Å². The maximum absolute atomic E-state index is 12.2. The molecule has 0 amide bonds. The Morgan fingerprint density at radius 2 is 1.89 bits per heavy atom. The molecule has 0 atom stereocenters. The lowest BCUT2D eigenvalue weighted by molar-refractivity contribution is 0.462. The van der Waals surface area contributed by atoms with Gasteiger partial charge in [-0.3, -0.25) is 4.99 Å². The van der Waals surface area contributed by atoms with Crippen LogP contribution in [0.3, 0.4) is 0 Å². The van der Waals surface area contributed by atoms with Gasteiger partial charge in [0.15, 0.2) is 5.96 Å². The molecule has 1 aromatic carbocycles. The van der Waals surface area contributed by atoms with Crippen LogP contribution in [0.4, 0.5) is 0 Å². The lowest BCUT2D eigenvalue weighted by Crippen LogP contribution is -2.39. The van der Waals surface area contributed by atoms with Gasteiger partial charge in [0.25, 0.3) is 0 Å². The molecule has 0 spiro atoms. The van der Waals surface area contributed by atoms with Gasteiger partial charge < -0.3 is 14.8 Å². The molecule has 0 fully saturated rings. The summed E-state index contributed by atoms with van der Waals surface area (Å²) in [7, 11) is 0.559. The van der Waals surface area contributed by atoms with Crippen LogP contribution in [0.5, 0.6) is 0 Å². The number of guanidine groups is 1. The molecule has 7 nitrogen and oxygen atoms in total. The van der Waals surface area contributed by atoms with Crippen molar-refractivity contribution in [3.63, 3.8) is 0 Å². The monoisotopic (exact) mass is 519 g/mol. The molecule has 0 saturated carbocycles. The highest BCUT2D eigenvalue weighted by atomic mass is 127. The Morgan fingerprint density at radius 3 is 2.50 bits per heavy atom. The van der Waals surface area contributed by atoms with E-state index in [-0.39, 0.29) is 36.3 Å². The number of aryl methyl sites for hydroxylation is 1. The minimum atomic E-state index is -3.38. The molecule has 0 saturated heterocycles. The van der Waals surface area contributed by atoms with Gasteiger partial charge in [-0.1, -0.05) is 30.3 Å². The minimum absolute atomic E-state index is 0. The Morgan fingerprint density at radius 1 is 1.18 bits per heavy atom. The van der Waals surface area contributed by atoms with Crippen LogP contribution in [0.15, 0.2) is 53.7 Å². The topological polar surface area (TPSA) is 78.7 Å². The molecule has 2 aromatic rings. The quantitative estimate of drug-likeness (QED) is 0.303. The van der Waals surface area contributed by atoms with Gasteiger partial charge in [0.1, 0.15) is 0 Å². The Kier molecular flexibility index (Phi) is 10.5. The van der Waals surface area contributed by atoms with Gasteiger partial charge >= 0.3 is 0 Å². The number of aliphatic imine (C=N–C) groups is 1. The van der Waals surface area contributed by atoms with Crippen molar-refractivity contribution in [1.29, 1.82) is 0 Å². The van der Waals surface area contributed by atoms with E-state index >= 15 is 0 Å². The highest BCUT2D eigenvalue weighted by Crippen LogP contribution is 2.04. The maximum Gasteiger partial charge on any atom is 0.213 e. The van der Waals surface area contributed by atoms with Gasteiger partial charge in [-0.05, 0) is 24.6 Å². The van der Waals surface area contributed by atoms with Crippen molar-refractivity contribution in [2.75, 3.05) is 25.9 Å². The van der Waals surface area contributed by atoms with E-state index in [4.69, 9.17) is 0 Å². The van der Waals surface area contributed by atoms with E-state index in [0.717, 1.165) is 17.8 Å². The fourth-order valence-corrected chi connectivity index (χ4v) is 3.44. The summed E-state index contributed by atoms with van der Waals surface area (Å²) < 4.78 is 29.1. The molecule has 2 rings (SSSR count). The van der Waals surface area contributed by atoms with Crippen LogP contribution in [0, 0.1) is 0 Å². The number of rotatable bonds is 9. The van der Waals surface area contributed by atoms with Crippen molar-refractivity contribution >= 4 is 40.0 Å². The number of aromatic nitrogens is 1. The Bertz CT molecular complexity index is 837. The summed E-state index contributed by atoms with van der Waals surface area (Å²) in [5.41, 5.74) is 2.08. The summed E-state index contributed by atoms with van der Waals surface area (Å²) in [6.07, 6.45) is 2.00. The number of benzene rings is 1. The molecule has 0 aliphatic rings. The molecule has 1 heterocycles. The first-order valence-corrected chi connectivity index (χ1v) is 10.7. The van der Waals surface area contributed by atoms with Crippen molar-refractivity contribution in [1.82, 2.24) is 19.5 Å². The fraction of sp³-hybridized carbons (Fsp3) is 0.421. The third-order valence-corrected chi connectivity index (χ3v) is 5.41. The van der Waals surface area contributed by atoms with Crippen molar-refractivity contribution in [3.8, 4) is 0 Å². The van der Waals surface area contributed by atoms with Gasteiger partial charge in [0.05, 0.1) is 18.8 Å². The highest BCUT2D eigenvalue weighted by molar-refractivity contribution is 14.0. The summed E-state index contributed by atoms with van der Waals surface area (Å²) in [6, 6.07) is 13.5. The molecule has 1 aromatic heterocycles. The van der Waals surface area contributed by atoms with Crippen LogP contribution in [0.25, 0.3) is 0 Å². The molecule has 9 heteroatoms. The average Bonchev–Trinajstić information content (AvgIpc) is 3.05. The van der Waals surface area contributed by atoms with Gasteiger partial charge in [-0.2, -0.15) is 0 Å². The number of hydrogen-bond acceptors (Lipinski definition) is 3. The smallest absolute Gasteiger partial charge is 0.213 e. The number of halogens is 1. The van der Waals surface area contributed by atoms with E-state index in [2.05, 4.69) is 25.7 Å². The Balaban J connectivity index is 0.00000392. The zero-order chi connectivity index (χ0) is 19.7. The second kappa shape index (κ2) is 12.1. The molecular formula is C19H30IN5O2S. The van der Waals surface area contributed by atoms with E-state index in [9.17, 15) is 8.42 Å². The Labute approximate surface area is 185 Å². The summed E-state index contributed by atoms with van der Waals surface area (Å²) in [6.45, 7) is 3.89. The fourth-order valence-electron chi connectivity index (χ4n) is 2.58.